The molecule has 5 aromatic rings. The lowest BCUT2D eigenvalue weighted by atomic mass is 9.81. The van der Waals surface area contributed by atoms with Crippen molar-refractivity contribution < 1.29 is 0 Å². The Bertz CT molecular complexity index is 2160. The van der Waals surface area contributed by atoms with Crippen molar-refractivity contribution in [1.29, 1.82) is 21.2 Å². The zero-order chi connectivity index (χ0) is 29.4. The highest BCUT2D eigenvalue weighted by Crippen LogP contribution is 2.41. The van der Waals surface area contributed by atoms with Crippen LogP contribution in [-0.2, 0) is 0 Å². The van der Waals surface area contributed by atoms with Gasteiger partial charge in [-0.1, -0.05) is 60.7 Å². The summed E-state index contributed by atoms with van der Waals surface area (Å²) in [4.78, 5) is 5.06. The van der Waals surface area contributed by atoms with Crippen molar-refractivity contribution in [1.82, 2.24) is 4.98 Å². The predicted molar refractivity (Wildman–Crippen MR) is 169 cm³/mol. The lowest BCUT2D eigenvalue weighted by Gasteiger charge is -2.24. The molecule has 1 aromatic heterocycles. The molecule has 7 nitrogen and oxygen atoms in total. The van der Waals surface area contributed by atoms with Crippen molar-refractivity contribution in [3.05, 3.63) is 118 Å². The van der Waals surface area contributed by atoms with Gasteiger partial charge in [-0.3, -0.25) is 5.41 Å². The van der Waals surface area contributed by atoms with Crippen LogP contribution in [0.15, 0.2) is 89.3 Å². The number of fused-ring (bicyclic) bond motifs is 3. The number of nitrogen functional groups attached to an aromatic ring is 1. The number of nitrogens with zero attached hydrogens (tertiary/aromatic N) is 5. The molecule has 0 amide bonds. The Morgan fingerprint density at radius 1 is 0.786 bits per heavy atom. The van der Waals surface area contributed by atoms with Gasteiger partial charge in [0.15, 0.2) is 0 Å². The molecule has 196 valence electrons. The van der Waals surface area contributed by atoms with Gasteiger partial charge in [0.2, 0.25) is 0 Å². The monoisotopic (exact) mass is 557 g/mol. The summed E-state index contributed by atoms with van der Waals surface area (Å²) < 4.78 is 4.21. The van der Waals surface area contributed by atoms with E-state index in [1.807, 2.05) is 72.8 Å². The predicted octanol–water partition coefficient (Wildman–Crippen LogP) is 6.97. The summed E-state index contributed by atoms with van der Waals surface area (Å²) >= 11 is 4.24. The zero-order valence-corrected chi connectivity index (χ0v) is 22.8. The van der Waals surface area contributed by atoms with Crippen LogP contribution in [0, 0.1) is 39.4 Å². The molecule has 0 unspecified atom stereocenters. The molecule has 8 heteroatoms. The second-order valence-corrected chi connectivity index (χ2v) is 9.80. The molecule has 3 N–H and O–H groups in total. The molecule has 6 rings (SSSR count). The van der Waals surface area contributed by atoms with Crippen LogP contribution < -0.4 is 5.73 Å². The first-order valence-electron chi connectivity index (χ1n) is 12.8. The molecular formula is C34H19N7S. The third kappa shape index (κ3) is 4.19. The van der Waals surface area contributed by atoms with E-state index < -0.39 is 0 Å². The van der Waals surface area contributed by atoms with Gasteiger partial charge in [-0.05, 0) is 54.3 Å². The van der Waals surface area contributed by atoms with Gasteiger partial charge in [-0.25, -0.2) is 9.38 Å². The van der Waals surface area contributed by atoms with E-state index in [2.05, 4.69) is 29.4 Å². The fourth-order valence-corrected chi connectivity index (χ4v) is 5.59. The molecule has 0 spiro atoms. The first kappa shape index (κ1) is 26.2. The summed E-state index contributed by atoms with van der Waals surface area (Å²) in [7, 11) is 0. The minimum absolute atomic E-state index is 0.174. The molecule has 1 heterocycles. The van der Waals surface area contributed by atoms with E-state index in [4.69, 9.17) is 10.7 Å². The first-order chi connectivity index (χ1) is 20.5. The third-order valence-electron chi connectivity index (χ3n) is 7.25. The molecule has 0 saturated heterocycles. The number of rotatable bonds is 3. The summed E-state index contributed by atoms with van der Waals surface area (Å²) in [5.41, 5.74) is 14.0. The fraction of sp³-hybridized carbons (Fsp3) is 0. The molecule has 0 radical (unpaired) electrons. The summed E-state index contributed by atoms with van der Waals surface area (Å²) in [6, 6.07) is 31.8. The Labute approximate surface area is 247 Å². The maximum atomic E-state index is 9.95. The second-order valence-electron chi connectivity index (χ2n) is 9.60. The van der Waals surface area contributed by atoms with Gasteiger partial charge in [0.25, 0.3) is 0 Å². The molecule has 0 fully saturated rings. The van der Waals surface area contributed by atoms with E-state index >= 15 is 0 Å². The van der Waals surface area contributed by atoms with Crippen molar-refractivity contribution in [2.75, 3.05) is 5.73 Å². The van der Waals surface area contributed by atoms with Gasteiger partial charge in [-0.15, -0.1) is 0 Å². The smallest absolute Gasteiger partial charge is 0.104 e. The molecular weight excluding hydrogens is 538 g/mol. The Kier molecular flexibility index (Phi) is 6.57. The van der Waals surface area contributed by atoms with Crippen molar-refractivity contribution in [2.24, 2.45) is 4.40 Å². The van der Waals surface area contributed by atoms with Crippen LogP contribution >= 0.6 is 12.8 Å². The Morgan fingerprint density at radius 3 is 2.24 bits per heavy atom. The third-order valence-corrected chi connectivity index (χ3v) is 7.45. The molecule has 0 saturated carbocycles. The molecule has 0 atom stereocenters. The van der Waals surface area contributed by atoms with Crippen LogP contribution in [0.3, 0.4) is 0 Å². The minimum atomic E-state index is 0.174. The van der Waals surface area contributed by atoms with E-state index in [0.29, 0.717) is 66.9 Å². The van der Waals surface area contributed by atoms with Crippen molar-refractivity contribution in [2.45, 2.75) is 0 Å². The van der Waals surface area contributed by atoms with Crippen molar-refractivity contribution in [3.63, 3.8) is 0 Å². The lowest BCUT2D eigenvalue weighted by molar-refractivity contribution is 1.35. The quantitative estimate of drug-likeness (QED) is 0.162. The highest BCUT2D eigenvalue weighted by molar-refractivity contribution is 7.79. The summed E-state index contributed by atoms with van der Waals surface area (Å²) in [5, 5.41) is 39.1. The van der Waals surface area contributed by atoms with Gasteiger partial charge in [0.05, 0.1) is 51.8 Å². The van der Waals surface area contributed by atoms with E-state index in [1.165, 1.54) is 12.1 Å². The summed E-state index contributed by atoms with van der Waals surface area (Å²) in [6.45, 7) is 0. The molecule has 42 heavy (non-hydrogen) atoms. The normalized spacial score (nSPS) is 13.1. The number of aromatic nitrogens is 1. The van der Waals surface area contributed by atoms with Crippen LogP contribution in [0.4, 0.5) is 5.69 Å². The average Bonchev–Trinajstić information content (AvgIpc) is 3.03. The summed E-state index contributed by atoms with van der Waals surface area (Å²) in [5.74, 6) is 0. The van der Waals surface area contributed by atoms with Crippen LogP contribution in [0.25, 0.3) is 44.9 Å². The number of benzene rings is 4. The number of hydrogen-bond acceptors (Lipinski definition) is 8. The minimum Gasteiger partial charge on any atom is -0.398 e. The van der Waals surface area contributed by atoms with Crippen molar-refractivity contribution >= 4 is 52.5 Å². The van der Waals surface area contributed by atoms with Crippen LogP contribution in [0.1, 0.15) is 33.4 Å². The Hall–Kier alpha value is -6.01. The highest BCUT2D eigenvalue weighted by Gasteiger charge is 2.29. The van der Waals surface area contributed by atoms with Crippen molar-refractivity contribution in [3.8, 4) is 40.6 Å². The lowest BCUT2D eigenvalue weighted by Crippen LogP contribution is -2.22. The summed E-state index contributed by atoms with van der Waals surface area (Å²) in [6.07, 6.45) is 1.95. The molecule has 0 bridgehead atoms. The number of pyridine rings is 1. The number of thiol groups is 1. The van der Waals surface area contributed by atoms with Gasteiger partial charge >= 0.3 is 0 Å². The maximum Gasteiger partial charge on any atom is 0.104 e. The van der Waals surface area contributed by atoms with E-state index in [9.17, 15) is 21.2 Å². The maximum absolute atomic E-state index is 9.95. The first-order valence-corrected chi connectivity index (χ1v) is 13.2. The second kappa shape index (κ2) is 10.5. The number of allylic oxidation sites excluding steroid dienone is 1. The van der Waals surface area contributed by atoms with E-state index in [1.54, 1.807) is 12.1 Å². The molecule has 1 aliphatic rings. The zero-order valence-electron chi connectivity index (χ0n) is 21.9. The fourth-order valence-electron chi connectivity index (χ4n) is 5.38. The van der Waals surface area contributed by atoms with Gasteiger partial charge in [-0.2, -0.15) is 15.8 Å². The molecule has 1 aliphatic carbocycles. The van der Waals surface area contributed by atoms with E-state index in [-0.39, 0.29) is 11.3 Å². The van der Waals surface area contributed by atoms with Crippen LogP contribution in [0.2, 0.25) is 0 Å². The molecule has 0 aliphatic heterocycles. The number of nitriles is 3. The Morgan fingerprint density at radius 2 is 1.52 bits per heavy atom. The van der Waals surface area contributed by atoms with Crippen LogP contribution in [-0.4, -0.2) is 16.4 Å². The number of nitrogens with two attached hydrogens (primary N) is 1. The van der Waals surface area contributed by atoms with E-state index in [0.717, 1.165) is 11.1 Å². The largest absolute Gasteiger partial charge is 0.398 e. The van der Waals surface area contributed by atoms with Gasteiger partial charge in [0.1, 0.15) is 5.71 Å². The van der Waals surface area contributed by atoms with Crippen LogP contribution in [0.5, 0.6) is 0 Å². The Balaban J connectivity index is 1.71. The number of nitrogens with one attached hydrogen (secondary N) is 1. The number of anilines is 1. The molecule has 4 aromatic carbocycles. The average molecular weight is 558 g/mol. The topological polar surface area (TPSA) is 146 Å². The number of hydrogen-bond donors (Lipinski definition) is 3. The highest BCUT2D eigenvalue weighted by atomic mass is 32.1. The van der Waals surface area contributed by atoms with Gasteiger partial charge in [0, 0.05) is 38.9 Å². The van der Waals surface area contributed by atoms with Gasteiger partial charge < -0.3 is 5.73 Å². The standard InChI is InChI=1S/C34H19N7S/c35-16-19-12-23(18-37)30(28(38)13-19)21-10-11-25-29(14-21)40-33(24-9-5-4-8-22(24)17-36)27-15-26(20-6-2-1-3-7-20)34(41-42)32(39)31(25)27/h1-15,39,42H,38H2. The SMILES string of the molecule is N#Cc1cc(N)c(-c2ccc3c4c(c(-c5ccccc5C#N)nc3c2)C=C(c2ccccc2)C(=NS)C4=N)c(C#N)c1.